The standard InChI is InChI=1S/C24H26F2N2O9/c1-12-13-10-15(25)21(34-9-5-8-27-23(33)36-24(2,3)4)19(26)20(13)35-22(32)14(12)11-18(31)37-28-16(29)6-7-17(28)30/h10H,5-9,11H2,1-4H3,(H,27,33). The Balaban J connectivity index is 1.71. The summed E-state index contributed by atoms with van der Waals surface area (Å²) in [4.78, 5) is 64.3. The van der Waals surface area contributed by atoms with Crippen molar-refractivity contribution in [2.45, 2.75) is 59.0 Å². The summed E-state index contributed by atoms with van der Waals surface area (Å²) in [6.45, 7) is 6.41. The fraction of sp³-hybridized carbons (Fsp3) is 0.458. The number of rotatable bonds is 8. The van der Waals surface area contributed by atoms with E-state index in [1.54, 1.807) is 20.8 Å². The quantitative estimate of drug-likeness (QED) is 0.313. The number of nitrogens with zero attached hydrogens (tertiary/aromatic N) is 1. The highest BCUT2D eigenvalue weighted by Crippen LogP contribution is 2.32. The number of benzene rings is 1. The fourth-order valence-electron chi connectivity index (χ4n) is 3.46. The lowest BCUT2D eigenvalue weighted by atomic mass is 10.0. The number of carbonyl (C=O) groups excluding carboxylic acids is 4. The fourth-order valence-corrected chi connectivity index (χ4v) is 3.46. The topological polar surface area (TPSA) is 141 Å². The van der Waals surface area contributed by atoms with Crippen LogP contribution in [0.25, 0.3) is 11.0 Å². The van der Waals surface area contributed by atoms with E-state index in [-0.39, 0.29) is 48.9 Å². The molecule has 0 atom stereocenters. The van der Waals surface area contributed by atoms with Crippen molar-refractivity contribution in [1.29, 1.82) is 0 Å². The average Bonchev–Trinajstić information content (AvgIpc) is 3.10. The second-order valence-corrected chi connectivity index (χ2v) is 9.22. The molecule has 0 aliphatic carbocycles. The minimum Gasteiger partial charge on any atom is -0.487 e. The highest BCUT2D eigenvalue weighted by Gasteiger charge is 2.33. The molecule has 0 spiro atoms. The number of alkyl carbamates (subject to hydrolysis) is 1. The van der Waals surface area contributed by atoms with Gasteiger partial charge in [-0.1, -0.05) is 0 Å². The number of amides is 3. The highest BCUT2D eigenvalue weighted by atomic mass is 19.1. The molecule has 0 bridgehead atoms. The first-order valence-electron chi connectivity index (χ1n) is 11.4. The van der Waals surface area contributed by atoms with E-state index in [0.29, 0.717) is 5.06 Å². The van der Waals surface area contributed by atoms with Crippen LogP contribution < -0.4 is 15.7 Å². The van der Waals surface area contributed by atoms with E-state index < -0.39 is 64.5 Å². The molecule has 13 heteroatoms. The van der Waals surface area contributed by atoms with Gasteiger partial charge in [-0.15, -0.1) is 5.06 Å². The second-order valence-electron chi connectivity index (χ2n) is 9.22. The number of imide groups is 1. The first-order valence-corrected chi connectivity index (χ1v) is 11.4. The molecule has 1 fully saturated rings. The Hall–Kier alpha value is -4.03. The first-order chi connectivity index (χ1) is 17.3. The van der Waals surface area contributed by atoms with E-state index in [0.717, 1.165) is 6.07 Å². The van der Waals surface area contributed by atoms with Gasteiger partial charge < -0.3 is 24.0 Å². The lowest BCUT2D eigenvalue weighted by molar-refractivity contribution is -0.197. The van der Waals surface area contributed by atoms with Gasteiger partial charge in [-0.2, -0.15) is 4.39 Å². The largest absolute Gasteiger partial charge is 0.487 e. The summed E-state index contributed by atoms with van der Waals surface area (Å²) in [5.74, 6) is -5.60. The number of nitrogens with one attached hydrogen (secondary N) is 1. The van der Waals surface area contributed by atoms with Crippen molar-refractivity contribution in [2.24, 2.45) is 0 Å². The highest BCUT2D eigenvalue weighted by molar-refractivity contribution is 6.01. The van der Waals surface area contributed by atoms with E-state index in [1.165, 1.54) is 6.92 Å². The Kier molecular flexibility index (Phi) is 8.14. The van der Waals surface area contributed by atoms with Crippen LogP contribution in [0.1, 0.15) is 51.2 Å². The Morgan fingerprint density at radius 1 is 1.14 bits per heavy atom. The molecule has 1 aliphatic heterocycles. The molecule has 11 nitrogen and oxygen atoms in total. The smallest absolute Gasteiger partial charge is 0.407 e. The number of hydroxylamine groups is 2. The normalized spacial score (nSPS) is 13.7. The van der Waals surface area contributed by atoms with Gasteiger partial charge in [0.25, 0.3) is 11.8 Å². The first kappa shape index (κ1) is 27.6. The number of halogens is 2. The molecule has 2 aromatic rings. The molecule has 3 amide bonds. The molecule has 1 aromatic carbocycles. The van der Waals surface area contributed by atoms with Crippen molar-refractivity contribution in [3.8, 4) is 5.75 Å². The van der Waals surface area contributed by atoms with Crippen molar-refractivity contribution >= 4 is 34.8 Å². The van der Waals surface area contributed by atoms with Gasteiger partial charge in [0.1, 0.15) is 5.60 Å². The van der Waals surface area contributed by atoms with E-state index in [4.69, 9.17) is 18.7 Å². The summed E-state index contributed by atoms with van der Waals surface area (Å²) < 4.78 is 45.0. The Bertz CT molecular complexity index is 1300. The van der Waals surface area contributed by atoms with E-state index >= 15 is 4.39 Å². The minimum atomic E-state index is -1.25. The van der Waals surface area contributed by atoms with Gasteiger partial charge in [0, 0.05) is 24.8 Å². The van der Waals surface area contributed by atoms with Gasteiger partial charge in [-0.05, 0) is 45.7 Å². The average molecular weight is 524 g/mol. The van der Waals surface area contributed by atoms with Crippen LogP contribution in [-0.2, 0) is 30.4 Å². The molecule has 2 heterocycles. The van der Waals surface area contributed by atoms with Gasteiger partial charge in [0.05, 0.1) is 18.6 Å². The predicted octanol–water partition coefficient (Wildman–Crippen LogP) is 2.82. The van der Waals surface area contributed by atoms with E-state index in [1.807, 2.05) is 0 Å². The number of hydrogen-bond acceptors (Lipinski definition) is 9. The second kappa shape index (κ2) is 10.9. The zero-order valence-corrected chi connectivity index (χ0v) is 20.7. The van der Waals surface area contributed by atoms with Crippen molar-refractivity contribution < 1.29 is 46.7 Å². The van der Waals surface area contributed by atoms with Crippen molar-refractivity contribution in [1.82, 2.24) is 10.4 Å². The minimum absolute atomic E-state index is 0.0492. The summed E-state index contributed by atoms with van der Waals surface area (Å²) in [6, 6.07) is 0.896. The Labute approximate surface area is 209 Å². The van der Waals surface area contributed by atoms with Crippen LogP contribution in [0.4, 0.5) is 13.6 Å². The number of carbonyl (C=O) groups is 4. The van der Waals surface area contributed by atoms with Crippen LogP contribution in [0.2, 0.25) is 0 Å². The Morgan fingerprint density at radius 2 is 1.78 bits per heavy atom. The summed E-state index contributed by atoms with van der Waals surface area (Å²) in [7, 11) is 0. The Morgan fingerprint density at radius 3 is 2.41 bits per heavy atom. The number of ether oxygens (including phenoxy) is 2. The predicted molar refractivity (Wildman–Crippen MR) is 122 cm³/mol. The van der Waals surface area contributed by atoms with Crippen LogP contribution in [0.3, 0.4) is 0 Å². The third kappa shape index (κ3) is 6.60. The SMILES string of the molecule is Cc1c(CC(=O)ON2C(=O)CCC2=O)c(=O)oc2c(F)c(OCCCNC(=O)OC(C)(C)C)c(F)cc12. The summed E-state index contributed by atoms with van der Waals surface area (Å²) in [5, 5.41) is 2.69. The number of fused-ring (bicyclic) bond motifs is 1. The molecule has 0 unspecified atom stereocenters. The lowest BCUT2D eigenvalue weighted by Crippen LogP contribution is -2.33. The molecule has 0 saturated carbocycles. The molecule has 37 heavy (non-hydrogen) atoms. The maximum absolute atomic E-state index is 15.0. The third-order valence-corrected chi connectivity index (χ3v) is 5.18. The van der Waals surface area contributed by atoms with Crippen molar-refractivity contribution in [2.75, 3.05) is 13.2 Å². The maximum Gasteiger partial charge on any atom is 0.407 e. The summed E-state index contributed by atoms with van der Waals surface area (Å²) >= 11 is 0. The molecule has 1 saturated heterocycles. The van der Waals surface area contributed by atoms with Gasteiger partial charge in [0.2, 0.25) is 5.82 Å². The van der Waals surface area contributed by atoms with Crippen LogP contribution in [0.5, 0.6) is 5.75 Å². The van der Waals surface area contributed by atoms with Crippen molar-refractivity contribution in [3.63, 3.8) is 0 Å². The van der Waals surface area contributed by atoms with Gasteiger partial charge in [-0.3, -0.25) is 9.59 Å². The molecular weight excluding hydrogens is 498 g/mol. The van der Waals surface area contributed by atoms with Crippen LogP contribution in [0, 0.1) is 18.6 Å². The number of aryl methyl sites for hydroxylation is 1. The van der Waals surface area contributed by atoms with E-state index in [9.17, 15) is 28.4 Å². The molecule has 3 rings (SSSR count). The van der Waals surface area contributed by atoms with Crippen LogP contribution in [0.15, 0.2) is 15.3 Å². The van der Waals surface area contributed by atoms with E-state index in [2.05, 4.69) is 5.32 Å². The molecule has 200 valence electrons. The molecule has 1 N–H and O–H groups in total. The lowest BCUT2D eigenvalue weighted by Gasteiger charge is -2.19. The summed E-state index contributed by atoms with van der Waals surface area (Å²) in [6.07, 6.45) is -1.36. The molecular formula is C24H26F2N2O9. The van der Waals surface area contributed by atoms with Gasteiger partial charge in [-0.25, -0.2) is 18.8 Å². The van der Waals surface area contributed by atoms with Gasteiger partial charge in [0.15, 0.2) is 17.1 Å². The summed E-state index contributed by atoms with van der Waals surface area (Å²) in [5.41, 5.74) is -2.54. The monoisotopic (exact) mass is 524 g/mol. The maximum atomic E-state index is 15.0. The van der Waals surface area contributed by atoms with Crippen LogP contribution >= 0.6 is 0 Å². The zero-order valence-electron chi connectivity index (χ0n) is 20.7. The molecule has 1 aliphatic rings. The van der Waals surface area contributed by atoms with Gasteiger partial charge >= 0.3 is 17.7 Å². The number of hydrogen-bond donors (Lipinski definition) is 1. The third-order valence-electron chi connectivity index (χ3n) is 5.18. The van der Waals surface area contributed by atoms with Crippen molar-refractivity contribution in [3.05, 3.63) is 39.2 Å². The molecule has 0 radical (unpaired) electrons. The molecule has 1 aromatic heterocycles. The zero-order chi connectivity index (χ0) is 27.5. The van der Waals surface area contributed by atoms with Crippen LogP contribution in [-0.4, -0.2) is 47.7 Å².